The van der Waals surface area contributed by atoms with Crippen LogP contribution in [0.4, 0.5) is 4.39 Å². The summed E-state index contributed by atoms with van der Waals surface area (Å²) in [5, 5.41) is 3.88. The Kier molecular flexibility index (Phi) is 3.29. The van der Waals surface area contributed by atoms with Gasteiger partial charge in [-0.25, -0.2) is 4.39 Å². The van der Waals surface area contributed by atoms with E-state index in [1.54, 1.807) is 12.1 Å². The van der Waals surface area contributed by atoms with Gasteiger partial charge in [0.25, 0.3) is 0 Å². The average molecular weight is 244 g/mol. The van der Waals surface area contributed by atoms with Crippen molar-refractivity contribution in [3.05, 3.63) is 29.6 Å². The first-order valence-electron chi connectivity index (χ1n) is 4.87. The summed E-state index contributed by atoms with van der Waals surface area (Å²) in [6.45, 7) is 0. The second kappa shape index (κ2) is 4.70. The highest BCUT2D eigenvalue weighted by atomic mass is 35.5. The predicted octanol–water partition coefficient (Wildman–Crippen LogP) is 2.57. The van der Waals surface area contributed by atoms with Crippen LogP contribution in [0.3, 0.4) is 0 Å². The molecule has 1 aromatic carbocycles. The topological polar surface area (TPSA) is 30.8 Å². The fourth-order valence-corrected chi connectivity index (χ4v) is 1.69. The molecular weight excluding hydrogens is 233 g/mol. The van der Waals surface area contributed by atoms with Crippen molar-refractivity contribution in [3.8, 4) is 5.75 Å². The van der Waals surface area contributed by atoms with E-state index >= 15 is 0 Å². The van der Waals surface area contributed by atoms with Crippen LogP contribution in [0.15, 0.2) is 23.4 Å². The van der Waals surface area contributed by atoms with E-state index in [4.69, 9.17) is 21.2 Å². The monoisotopic (exact) mass is 243 g/mol. The number of ether oxygens (including phenoxy) is 1. The van der Waals surface area contributed by atoms with E-state index < -0.39 is 5.82 Å². The van der Waals surface area contributed by atoms with Gasteiger partial charge in [0, 0.05) is 12.0 Å². The van der Waals surface area contributed by atoms with E-state index in [0.29, 0.717) is 23.6 Å². The third kappa shape index (κ3) is 2.11. The van der Waals surface area contributed by atoms with Gasteiger partial charge in [0.1, 0.15) is 6.10 Å². The number of benzene rings is 1. The third-order valence-electron chi connectivity index (χ3n) is 2.39. The molecule has 2 rings (SSSR count). The van der Waals surface area contributed by atoms with E-state index in [2.05, 4.69) is 5.16 Å². The summed E-state index contributed by atoms with van der Waals surface area (Å²) < 4.78 is 18.3. The predicted molar refractivity (Wildman–Crippen MR) is 59.7 cm³/mol. The summed E-state index contributed by atoms with van der Waals surface area (Å²) in [5.41, 5.74) is 1.41. The maximum atomic E-state index is 13.4. The third-order valence-corrected chi connectivity index (χ3v) is 2.73. The summed E-state index contributed by atoms with van der Waals surface area (Å²) in [5.74, 6) is 0.195. The minimum atomic E-state index is -0.406. The lowest BCUT2D eigenvalue weighted by Crippen LogP contribution is -2.09. The number of halogens is 2. The quantitative estimate of drug-likeness (QED) is 0.764. The molecule has 1 unspecified atom stereocenters. The molecule has 0 radical (unpaired) electrons. The molecule has 0 fully saturated rings. The first-order valence-corrected chi connectivity index (χ1v) is 5.40. The summed E-state index contributed by atoms with van der Waals surface area (Å²) in [7, 11) is 1.43. The second-order valence-electron chi connectivity index (χ2n) is 3.47. The average Bonchev–Trinajstić information content (AvgIpc) is 2.77. The lowest BCUT2D eigenvalue weighted by Gasteiger charge is -2.04. The fourth-order valence-electron chi connectivity index (χ4n) is 1.53. The maximum Gasteiger partial charge on any atom is 0.165 e. The van der Waals surface area contributed by atoms with Gasteiger partial charge in [0.2, 0.25) is 0 Å². The van der Waals surface area contributed by atoms with Gasteiger partial charge < -0.3 is 9.57 Å². The Bertz CT molecular complexity index is 422. The van der Waals surface area contributed by atoms with Gasteiger partial charge in [-0.1, -0.05) is 5.16 Å². The van der Waals surface area contributed by atoms with Crippen LogP contribution in [0.25, 0.3) is 0 Å². The van der Waals surface area contributed by atoms with E-state index in [1.807, 2.05) is 0 Å². The number of alkyl halides is 1. The molecule has 86 valence electrons. The molecule has 0 amide bonds. The fraction of sp³-hybridized carbons (Fsp3) is 0.364. The molecule has 1 atom stereocenters. The summed E-state index contributed by atoms with van der Waals surface area (Å²) in [6.07, 6.45) is 0.497. The molecule has 0 spiro atoms. The summed E-state index contributed by atoms with van der Waals surface area (Å²) >= 11 is 5.65. The zero-order chi connectivity index (χ0) is 11.5. The van der Waals surface area contributed by atoms with E-state index in [9.17, 15) is 4.39 Å². The van der Waals surface area contributed by atoms with Crippen molar-refractivity contribution in [1.82, 2.24) is 0 Å². The van der Waals surface area contributed by atoms with Crippen molar-refractivity contribution in [2.75, 3.05) is 13.0 Å². The Morgan fingerprint density at radius 2 is 2.44 bits per heavy atom. The highest BCUT2D eigenvalue weighted by molar-refractivity contribution is 6.18. The number of rotatable bonds is 3. The van der Waals surface area contributed by atoms with Crippen LogP contribution >= 0.6 is 11.6 Å². The van der Waals surface area contributed by atoms with Crippen molar-refractivity contribution in [2.24, 2.45) is 5.16 Å². The van der Waals surface area contributed by atoms with E-state index in [0.717, 1.165) is 0 Å². The van der Waals surface area contributed by atoms with Gasteiger partial charge in [-0.2, -0.15) is 0 Å². The molecule has 16 heavy (non-hydrogen) atoms. The molecule has 3 nitrogen and oxygen atoms in total. The Morgan fingerprint density at radius 3 is 3.00 bits per heavy atom. The van der Waals surface area contributed by atoms with Gasteiger partial charge in [-0.05, 0) is 18.2 Å². The van der Waals surface area contributed by atoms with Crippen molar-refractivity contribution in [1.29, 1.82) is 0 Å². The zero-order valence-corrected chi connectivity index (χ0v) is 9.50. The molecule has 0 saturated carbocycles. The molecule has 1 heterocycles. The lowest BCUT2D eigenvalue weighted by molar-refractivity contribution is 0.102. The zero-order valence-electron chi connectivity index (χ0n) is 8.74. The molecule has 0 aromatic heterocycles. The van der Waals surface area contributed by atoms with Crippen molar-refractivity contribution >= 4 is 17.3 Å². The van der Waals surface area contributed by atoms with Crippen LogP contribution in [0.2, 0.25) is 0 Å². The number of hydrogen-bond donors (Lipinski definition) is 0. The van der Waals surface area contributed by atoms with Crippen molar-refractivity contribution < 1.29 is 14.0 Å². The molecule has 0 aliphatic carbocycles. The SMILES string of the molecule is COc1ccc(C2=NOC(CCl)C2)cc1F. The Labute approximate surface area is 97.8 Å². The van der Waals surface area contributed by atoms with Crippen molar-refractivity contribution in [2.45, 2.75) is 12.5 Å². The smallest absolute Gasteiger partial charge is 0.165 e. The number of methoxy groups -OCH3 is 1. The van der Waals surface area contributed by atoms with E-state index in [1.165, 1.54) is 13.2 Å². The van der Waals surface area contributed by atoms with Gasteiger partial charge in [-0.15, -0.1) is 11.6 Å². The summed E-state index contributed by atoms with van der Waals surface area (Å²) in [4.78, 5) is 5.07. The van der Waals surface area contributed by atoms with Crippen LogP contribution < -0.4 is 4.74 Å². The number of hydrogen-bond acceptors (Lipinski definition) is 3. The van der Waals surface area contributed by atoms with Crippen molar-refractivity contribution in [3.63, 3.8) is 0 Å². The Hall–Kier alpha value is -1.29. The van der Waals surface area contributed by atoms with E-state index in [-0.39, 0.29) is 11.9 Å². The number of oxime groups is 1. The second-order valence-corrected chi connectivity index (χ2v) is 3.78. The van der Waals surface area contributed by atoms with Gasteiger partial charge in [0.05, 0.1) is 18.7 Å². The molecular formula is C11H11ClFNO2. The molecule has 1 aliphatic heterocycles. The molecule has 0 N–H and O–H groups in total. The first kappa shape index (κ1) is 11.2. The molecule has 0 saturated heterocycles. The van der Waals surface area contributed by atoms with Crippen LogP contribution in [-0.2, 0) is 4.84 Å². The van der Waals surface area contributed by atoms with Gasteiger partial charge in [-0.3, -0.25) is 0 Å². The van der Waals surface area contributed by atoms with Crippen LogP contribution in [0, 0.1) is 5.82 Å². The largest absolute Gasteiger partial charge is 0.494 e. The van der Waals surface area contributed by atoms with Gasteiger partial charge >= 0.3 is 0 Å². The molecule has 0 bridgehead atoms. The first-order chi connectivity index (χ1) is 7.74. The lowest BCUT2D eigenvalue weighted by atomic mass is 10.1. The Morgan fingerprint density at radius 1 is 1.62 bits per heavy atom. The molecule has 1 aromatic rings. The Balaban J connectivity index is 2.20. The minimum Gasteiger partial charge on any atom is -0.494 e. The van der Waals surface area contributed by atoms with Gasteiger partial charge in [0.15, 0.2) is 11.6 Å². The van der Waals surface area contributed by atoms with Crippen LogP contribution in [0.1, 0.15) is 12.0 Å². The maximum absolute atomic E-state index is 13.4. The molecule has 5 heteroatoms. The highest BCUT2D eigenvalue weighted by Gasteiger charge is 2.21. The standard InChI is InChI=1S/C11H11ClFNO2/c1-15-11-3-2-7(4-9(11)13)10-5-8(6-12)16-14-10/h2-4,8H,5-6H2,1H3. The minimum absolute atomic E-state index is 0.109. The van der Waals surface area contributed by atoms with Crippen LogP contribution in [0.5, 0.6) is 5.75 Å². The number of nitrogens with zero attached hydrogens (tertiary/aromatic N) is 1. The summed E-state index contributed by atoms with van der Waals surface area (Å²) in [6, 6.07) is 4.71. The highest BCUT2D eigenvalue weighted by Crippen LogP contribution is 2.22. The molecule has 1 aliphatic rings. The van der Waals surface area contributed by atoms with Crippen LogP contribution in [-0.4, -0.2) is 24.8 Å². The normalized spacial score (nSPS) is 19.2.